The number of hydrogen-bond donors (Lipinski definition) is 2. The van der Waals surface area contributed by atoms with E-state index in [9.17, 15) is 4.79 Å². The Bertz CT molecular complexity index is 604. The lowest BCUT2D eigenvalue weighted by molar-refractivity contribution is -0.116. The molecule has 6 heteroatoms. The van der Waals surface area contributed by atoms with Gasteiger partial charge in [0.2, 0.25) is 5.91 Å². The van der Waals surface area contributed by atoms with E-state index in [1.807, 2.05) is 25.1 Å². The molecule has 3 N–H and O–H groups in total. The molecule has 0 aliphatic carbocycles. The van der Waals surface area contributed by atoms with Crippen LogP contribution in [0.1, 0.15) is 18.4 Å². The van der Waals surface area contributed by atoms with Crippen LogP contribution in [0.3, 0.4) is 0 Å². The molecule has 0 unspecified atom stereocenters. The topological polar surface area (TPSA) is 80.9 Å². The molecule has 110 valence electrons. The number of aryl methyl sites for hydroxylation is 1. The Labute approximate surface area is 128 Å². The summed E-state index contributed by atoms with van der Waals surface area (Å²) in [4.78, 5) is 19.9. The summed E-state index contributed by atoms with van der Waals surface area (Å²) in [7, 11) is 0. The standard InChI is InChI=1S/C15H18N4OS/c1-11-4-5-12(16)9-13(11)19-14(20)3-2-8-21-15-6-7-17-10-18-15/h4-7,9-10H,2-3,8,16H2,1H3,(H,19,20). The van der Waals surface area contributed by atoms with Crippen molar-refractivity contribution in [1.82, 2.24) is 9.97 Å². The van der Waals surface area contributed by atoms with Crippen molar-refractivity contribution < 1.29 is 4.79 Å². The third-order valence-electron chi connectivity index (χ3n) is 2.89. The second-order valence-corrected chi connectivity index (χ2v) is 5.74. The van der Waals surface area contributed by atoms with Crippen molar-refractivity contribution in [3.63, 3.8) is 0 Å². The number of carbonyl (C=O) groups excluding carboxylic acids is 1. The van der Waals surface area contributed by atoms with Crippen LogP contribution in [-0.4, -0.2) is 21.6 Å². The number of nitrogens with two attached hydrogens (primary N) is 1. The van der Waals surface area contributed by atoms with Gasteiger partial charge in [0, 0.05) is 24.0 Å². The fourth-order valence-corrected chi connectivity index (χ4v) is 2.54. The van der Waals surface area contributed by atoms with Crippen molar-refractivity contribution in [2.75, 3.05) is 16.8 Å². The summed E-state index contributed by atoms with van der Waals surface area (Å²) in [5, 5.41) is 3.82. The number of hydrogen-bond acceptors (Lipinski definition) is 5. The molecule has 21 heavy (non-hydrogen) atoms. The third-order valence-corrected chi connectivity index (χ3v) is 3.92. The Morgan fingerprint density at radius 1 is 1.38 bits per heavy atom. The highest BCUT2D eigenvalue weighted by Gasteiger charge is 2.05. The van der Waals surface area contributed by atoms with Gasteiger partial charge in [0.25, 0.3) is 0 Å². The first-order valence-electron chi connectivity index (χ1n) is 6.70. The molecule has 1 aromatic carbocycles. The third kappa shape index (κ3) is 5.07. The highest BCUT2D eigenvalue weighted by molar-refractivity contribution is 7.99. The van der Waals surface area contributed by atoms with E-state index in [2.05, 4.69) is 15.3 Å². The number of amides is 1. The number of nitrogens with zero attached hydrogens (tertiary/aromatic N) is 2. The SMILES string of the molecule is Cc1ccc(N)cc1NC(=O)CCCSc1ccncn1. The van der Waals surface area contributed by atoms with Gasteiger partial charge in [-0.25, -0.2) is 9.97 Å². The van der Waals surface area contributed by atoms with E-state index >= 15 is 0 Å². The fourth-order valence-electron chi connectivity index (χ4n) is 1.76. The summed E-state index contributed by atoms with van der Waals surface area (Å²) in [6.07, 6.45) is 4.51. The molecule has 5 nitrogen and oxygen atoms in total. The summed E-state index contributed by atoms with van der Waals surface area (Å²) < 4.78 is 0. The predicted octanol–water partition coefficient (Wildman–Crippen LogP) is 2.88. The maximum atomic E-state index is 11.9. The second-order valence-electron chi connectivity index (χ2n) is 4.62. The van der Waals surface area contributed by atoms with Crippen molar-refractivity contribution in [2.45, 2.75) is 24.8 Å². The predicted molar refractivity (Wildman–Crippen MR) is 86.2 cm³/mol. The van der Waals surface area contributed by atoms with Crippen molar-refractivity contribution >= 4 is 29.0 Å². The molecular weight excluding hydrogens is 284 g/mol. The number of anilines is 2. The summed E-state index contributed by atoms with van der Waals surface area (Å²) >= 11 is 1.62. The van der Waals surface area contributed by atoms with Gasteiger partial charge in [-0.3, -0.25) is 4.79 Å². The van der Waals surface area contributed by atoms with Crippen molar-refractivity contribution in [3.8, 4) is 0 Å². The van der Waals surface area contributed by atoms with E-state index < -0.39 is 0 Å². The van der Waals surface area contributed by atoms with Crippen LogP contribution < -0.4 is 11.1 Å². The molecule has 2 rings (SSSR count). The Kier molecular flexibility index (Phi) is 5.57. The lowest BCUT2D eigenvalue weighted by Gasteiger charge is -2.09. The molecule has 0 fully saturated rings. The number of carbonyl (C=O) groups is 1. The van der Waals surface area contributed by atoms with Crippen LogP contribution >= 0.6 is 11.8 Å². The number of nitrogens with one attached hydrogen (secondary N) is 1. The molecular formula is C15H18N4OS. The molecule has 0 atom stereocenters. The minimum Gasteiger partial charge on any atom is -0.399 e. The summed E-state index contributed by atoms with van der Waals surface area (Å²) in [5.41, 5.74) is 8.16. The van der Waals surface area contributed by atoms with E-state index in [0.717, 1.165) is 28.5 Å². The van der Waals surface area contributed by atoms with Gasteiger partial charge in [0.05, 0.1) is 5.03 Å². The molecule has 0 saturated carbocycles. The number of aromatic nitrogens is 2. The molecule has 0 saturated heterocycles. The van der Waals surface area contributed by atoms with Crippen molar-refractivity contribution in [2.24, 2.45) is 0 Å². The van der Waals surface area contributed by atoms with Crippen LogP contribution in [0.2, 0.25) is 0 Å². The number of benzene rings is 1. The summed E-state index contributed by atoms with van der Waals surface area (Å²) in [5.74, 6) is 0.854. The molecule has 1 heterocycles. The van der Waals surface area contributed by atoms with Gasteiger partial charge in [-0.05, 0) is 42.9 Å². The molecule has 2 aromatic rings. The molecule has 0 bridgehead atoms. The average Bonchev–Trinajstić information content (AvgIpc) is 2.48. The van der Waals surface area contributed by atoms with E-state index in [-0.39, 0.29) is 5.91 Å². The first-order valence-corrected chi connectivity index (χ1v) is 7.68. The Morgan fingerprint density at radius 3 is 3.00 bits per heavy atom. The van der Waals surface area contributed by atoms with Crippen LogP contribution in [0.5, 0.6) is 0 Å². The Hall–Kier alpha value is -2.08. The zero-order chi connectivity index (χ0) is 15.1. The van der Waals surface area contributed by atoms with Gasteiger partial charge in [0.15, 0.2) is 0 Å². The molecule has 0 aliphatic heterocycles. The second kappa shape index (κ2) is 7.64. The van der Waals surface area contributed by atoms with Crippen molar-refractivity contribution in [1.29, 1.82) is 0 Å². The van der Waals surface area contributed by atoms with E-state index in [1.54, 1.807) is 24.0 Å². The fraction of sp³-hybridized carbons (Fsp3) is 0.267. The van der Waals surface area contributed by atoms with Crippen LogP contribution in [0.25, 0.3) is 0 Å². The highest BCUT2D eigenvalue weighted by atomic mass is 32.2. The zero-order valence-electron chi connectivity index (χ0n) is 11.9. The molecule has 0 spiro atoms. The van der Waals surface area contributed by atoms with Crippen LogP contribution in [0.15, 0.2) is 41.8 Å². The minimum atomic E-state index is 0.00647. The molecule has 0 aliphatic rings. The molecule has 0 radical (unpaired) electrons. The number of rotatable bonds is 6. The van der Waals surface area contributed by atoms with E-state index in [4.69, 9.17) is 5.73 Å². The smallest absolute Gasteiger partial charge is 0.224 e. The van der Waals surface area contributed by atoms with Crippen LogP contribution in [-0.2, 0) is 4.79 Å². The first kappa shape index (κ1) is 15.3. The number of nitrogen functional groups attached to an aromatic ring is 1. The zero-order valence-corrected chi connectivity index (χ0v) is 12.7. The molecule has 1 aromatic heterocycles. The normalized spacial score (nSPS) is 10.3. The van der Waals surface area contributed by atoms with Crippen LogP contribution in [0, 0.1) is 6.92 Å². The quantitative estimate of drug-likeness (QED) is 0.371. The van der Waals surface area contributed by atoms with Gasteiger partial charge in [-0.1, -0.05) is 6.07 Å². The van der Waals surface area contributed by atoms with E-state index in [0.29, 0.717) is 12.1 Å². The summed E-state index contributed by atoms with van der Waals surface area (Å²) in [6, 6.07) is 7.36. The summed E-state index contributed by atoms with van der Waals surface area (Å²) in [6.45, 7) is 1.94. The monoisotopic (exact) mass is 302 g/mol. The maximum Gasteiger partial charge on any atom is 0.224 e. The van der Waals surface area contributed by atoms with Gasteiger partial charge in [0.1, 0.15) is 6.33 Å². The molecule has 1 amide bonds. The Balaban J connectivity index is 1.74. The van der Waals surface area contributed by atoms with Crippen LogP contribution in [0.4, 0.5) is 11.4 Å². The first-order chi connectivity index (χ1) is 10.1. The maximum absolute atomic E-state index is 11.9. The van der Waals surface area contributed by atoms with Crippen molar-refractivity contribution in [3.05, 3.63) is 42.4 Å². The lowest BCUT2D eigenvalue weighted by Crippen LogP contribution is -2.12. The highest BCUT2D eigenvalue weighted by Crippen LogP contribution is 2.19. The number of thioether (sulfide) groups is 1. The average molecular weight is 302 g/mol. The minimum absolute atomic E-state index is 0.00647. The van der Waals surface area contributed by atoms with Gasteiger partial charge >= 0.3 is 0 Å². The lowest BCUT2D eigenvalue weighted by atomic mass is 10.1. The van der Waals surface area contributed by atoms with E-state index in [1.165, 1.54) is 6.33 Å². The largest absolute Gasteiger partial charge is 0.399 e. The Morgan fingerprint density at radius 2 is 2.24 bits per heavy atom. The van der Waals surface area contributed by atoms with Gasteiger partial charge in [-0.2, -0.15) is 0 Å². The van der Waals surface area contributed by atoms with Gasteiger partial charge in [-0.15, -0.1) is 11.8 Å². The van der Waals surface area contributed by atoms with Gasteiger partial charge < -0.3 is 11.1 Å².